The second-order valence-corrected chi connectivity index (χ2v) is 4.05. The third-order valence-corrected chi connectivity index (χ3v) is 3.05. The maximum atomic E-state index is 11.8. The zero-order valence-corrected chi connectivity index (χ0v) is 8.60. The Hall–Kier alpha value is -1.31. The predicted molar refractivity (Wildman–Crippen MR) is 57.1 cm³/mol. The molecule has 1 amide bonds. The topological polar surface area (TPSA) is 20.3 Å². The molecule has 0 aromatic heterocycles. The van der Waals surface area contributed by atoms with Crippen molar-refractivity contribution >= 4 is 11.6 Å². The largest absolute Gasteiger partial charge is 0.312 e. The molecule has 1 aliphatic heterocycles. The first-order valence-electron chi connectivity index (χ1n) is 5.06. The highest BCUT2D eigenvalue weighted by Crippen LogP contribution is 2.28. The summed E-state index contributed by atoms with van der Waals surface area (Å²) >= 11 is 0. The molecule has 1 saturated heterocycles. The van der Waals surface area contributed by atoms with E-state index in [1.807, 2.05) is 42.2 Å². The number of hydrogen-bond acceptors (Lipinski definition) is 1. The molecular formula is C12H15NO. The highest BCUT2D eigenvalue weighted by atomic mass is 16.2. The molecule has 2 nitrogen and oxygen atoms in total. The van der Waals surface area contributed by atoms with E-state index in [9.17, 15) is 4.79 Å². The van der Waals surface area contributed by atoms with Crippen molar-refractivity contribution in [2.45, 2.75) is 13.8 Å². The SMILES string of the molecule is C[C@H]1CN(c2ccccc2)C(=O)[C@@H]1C. The van der Waals surface area contributed by atoms with E-state index in [-0.39, 0.29) is 11.8 Å². The van der Waals surface area contributed by atoms with Gasteiger partial charge in [0, 0.05) is 18.2 Å². The minimum atomic E-state index is 0.162. The van der Waals surface area contributed by atoms with Crippen LogP contribution in [0.1, 0.15) is 13.8 Å². The van der Waals surface area contributed by atoms with Crippen LogP contribution in [0.15, 0.2) is 30.3 Å². The molecule has 14 heavy (non-hydrogen) atoms. The monoisotopic (exact) mass is 189 g/mol. The Bertz CT molecular complexity index is 333. The molecule has 74 valence electrons. The van der Waals surface area contributed by atoms with Crippen LogP contribution in [0.25, 0.3) is 0 Å². The summed E-state index contributed by atoms with van der Waals surface area (Å²) in [4.78, 5) is 13.7. The molecule has 2 rings (SSSR count). The van der Waals surface area contributed by atoms with E-state index in [1.165, 1.54) is 0 Å². The number of para-hydroxylation sites is 1. The molecule has 0 radical (unpaired) electrons. The Morgan fingerprint density at radius 2 is 1.86 bits per heavy atom. The van der Waals surface area contributed by atoms with Crippen LogP contribution >= 0.6 is 0 Å². The molecular weight excluding hydrogens is 174 g/mol. The number of anilines is 1. The molecule has 1 aliphatic rings. The highest BCUT2D eigenvalue weighted by molar-refractivity contribution is 5.97. The van der Waals surface area contributed by atoms with Crippen molar-refractivity contribution in [3.63, 3.8) is 0 Å². The van der Waals surface area contributed by atoms with E-state index in [4.69, 9.17) is 0 Å². The fourth-order valence-electron chi connectivity index (χ4n) is 1.87. The van der Waals surface area contributed by atoms with E-state index < -0.39 is 0 Å². The Balaban J connectivity index is 2.26. The molecule has 1 aromatic rings. The predicted octanol–water partition coefficient (Wildman–Crippen LogP) is 2.31. The van der Waals surface area contributed by atoms with E-state index in [1.54, 1.807) is 0 Å². The maximum Gasteiger partial charge on any atom is 0.230 e. The van der Waals surface area contributed by atoms with Gasteiger partial charge >= 0.3 is 0 Å². The summed E-state index contributed by atoms with van der Waals surface area (Å²) < 4.78 is 0. The maximum absolute atomic E-state index is 11.8. The highest BCUT2D eigenvalue weighted by Gasteiger charge is 2.34. The van der Waals surface area contributed by atoms with Gasteiger partial charge in [-0.05, 0) is 18.1 Å². The summed E-state index contributed by atoms with van der Waals surface area (Å²) in [6, 6.07) is 9.88. The lowest BCUT2D eigenvalue weighted by molar-refractivity contribution is -0.120. The molecule has 1 aromatic carbocycles. The summed E-state index contributed by atoms with van der Waals surface area (Å²) in [7, 11) is 0. The Morgan fingerprint density at radius 3 is 2.36 bits per heavy atom. The minimum absolute atomic E-state index is 0.162. The molecule has 1 fully saturated rings. The number of carbonyl (C=O) groups excluding carboxylic acids is 1. The van der Waals surface area contributed by atoms with Gasteiger partial charge < -0.3 is 4.90 Å². The van der Waals surface area contributed by atoms with Gasteiger partial charge in [-0.2, -0.15) is 0 Å². The summed E-state index contributed by atoms with van der Waals surface area (Å²) in [5, 5.41) is 0. The second-order valence-electron chi connectivity index (χ2n) is 4.05. The molecule has 1 heterocycles. The molecule has 2 heteroatoms. The number of amides is 1. The van der Waals surface area contributed by atoms with Gasteiger partial charge in [0.05, 0.1) is 0 Å². The third kappa shape index (κ3) is 1.41. The van der Waals surface area contributed by atoms with Gasteiger partial charge in [0.2, 0.25) is 5.91 Å². The van der Waals surface area contributed by atoms with E-state index >= 15 is 0 Å². The zero-order valence-electron chi connectivity index (χ0n) is 8.60. The Morgan fingerprint density at radius 1 is 1.21 bits per heavy atom. The summed E-state index contributed by atoms with van der Waals surface area (Å²) in [5.41, 5.74) is 1.02. The van der Waals surface area contributed by atoms with Crippen molar-refractivity contribution in [1.82, 2.24) is 0 Å². The number of carbonyl (C=O) groups is 1. The smallest absolute Gasteiger partial charge is 0.230 e. The minimum Gasteiger partial charge on any atom is -0.312 e. The van der Waals surface area contributed by atoms with Crippen LogP contribution in [0.5, 0.6) is 0 Å². The molecule has 0 unspecified atom stereocenters. The van der Waals surface area contributed by atoms with Gasteiger partial charge in [-0.15, -0.1) is 0 Å². The van der Waals surface area contributed by atoms with Crippen molar-refractivity contribution in [3.8, 4) is 0 Å². The van der Waals surface area contributed by atoms with E-state index in [0.717, 1.165) is 12.2 Å². The van der Waals surface area contributed by atoms with Gasteiger partial charge in [-0.3, -0.25) is 4.79 Å². The van der Waals surface area contributed by atoms with Crippen LogP contribution in [0.2, 0.25) is 0 Å². The fraction of sp³-hybridized carbons (Fsp3) is 0.417. The average Bonchev–Trinajstić information content (AvgIpc) is 2.47. The van der Waals surface area contributed by atoms with Crippen LogP contribution in [0.4, 0.5) is 5.69 Å². The van der Waals surface area contributed by atoms with Gasteiger partial charge in [-0.1, -0.05) is 32.0 Å². The summed E-state index contributed by atoms with van der Waals surface area (Å²) in [6.45, 7) is 4.99. The first-order chi connectivity index (χ1) is 6.70. The number of benzene rings is 1. The van der Waals surface area contributed by atoms with Crippen LogP contribution < -0.4 is 4.90 Å². The third-order valence-electron chi connectivity index (χ3n) is 3.05. The molecule has 0 aliphatic carbocycles. The van der Waals surface area contributed by atoms with Gasteiger partial charge in [-0.25, -0.2) is 0 Å². The fourth-order valence-corrected chi connectivity index (χ4v) is 1.87. The summed E-state index contributed by atoms with van der Waals surface area (Å²) in [5.74, 6) is 0.876. The van der Waals surface area contributed by atoms with Gasteiger partial charge in [0.1, 0.15) is 0 Å². The average molecular weight is 189 g/mol. The first kappa shape index (κ1) is 9.25. The lowest BCUT2D eigenvalue weighted by Gasteiger charge is -2.15. The van der Waals surface area contributed by atoms with Crippen LogP contribution in [0.3, 0.4) is 0 Å². The first-order valence-corrected chi connectivity index (χ1v) is 5.06. The summed E-state index contributed by atoms with van der Waals surface area (Å²) in [6.07, 6.45) is 0. The lowest BCUT2D eigenvalue weighted by Crippen LogP contribution is -2.25. The Kier molecular flexibility index (Phi) is 2.28. The van der Waals surface area contributed by atoms with Crippen molar-refractivity contribution < 1.29 is 4.79 Å². The number of hydrogen-bond donors (Lipinski definition) is 0. The molecule has 0 spiro atoms. The molecule has 0 saturated carbocycles. The van der Waals surface area contributed by atoms with Crippen LogP contribution in [0, 0.1) is 11.8 Å². The molecule has 0 N–H and O–H groups in total. The van der Waals surface area contributed by atoms with E-state index in [2.05, 4.69) is 6.92 Å². The molecule has 0 bridgehead atoms. The van der Waals surface area contributed by atoms with Crippen LogP contribution in [-0.2, 0) is 4.79 Å². The number of nitrogens with zero attached hydrogens (tertiary/aromatic N) is 1. The van der Waals surface area contributed by atoms with Gasteiger partial charge in [0.25, 0.3) is 0 Å². The second kappa shape index (κ2) is 3.45. The van der Waals surface area contributed by atoms with Crippen molar-refractivity contribution in [2.24, 2.45) is 11.8 Å². The quantitative estimate of drug-likeness (QED) is 0.663. The molecule has 2 atom stereocenters. The normalized spacial score (nSPS) is 27.0. The standard InChI is InChI=1S/C12H15NO/c1-9-8-13(12(14)10(9)2)11-6-4-3-5-7-11/h3-7,9-10H,8H2,1-2H3/t9-,10+/m0/s1. The zero-order chi connectivity index (χ0) is 10.1. The Labute approximate surface area is 84.5 Å². The van der Waals surface area contributed by atoms with Crippen LogP contribution in [-0.4, -0.2) is 12.5 Å². The van der Waals surface area contributed by atoms with Crippen molar-refractivity contribution in [2.75, 3.05) is 11.4 Å². The van der Waals surface area contributed by atoms with Crippen molar-refractivity contribution in [3.05, 3.63) is 30.3 Å². The number of rotatable bonds is 1. The van der Waals surface area contributed by atoms with Gasteiger partial charge in [0.15, 0.2) is 0 Å². The lowest BCUT2D eigenvalue weighted by atomic mass is 10.0. The van der Waals surface area contributed by atoms with E-state index in [0.29, 0.717) is 5.92 Å². The van der Waals surface area contributed by atoms with Crippen molar-refractivity contribution in [1.29, 1.82) is 0 Å².